The number of nitrogens with one attached hydrogen (secondary N) is 1. The van der Waals surface area contributed by atoms with Crippen molar-refractivity contribution in [1.82, 2.24) is 15.2 Å². The van der Waals surface area contributed by atoms with Gasteiger partial charge in [-0.05, 0) is 39.2 Å². The molecule has 3 heterocycles. The van der Waals surface area contributed by atoms with Gasteiger partial charge in [-0.3, -0.25) is 9.59 Å². The van der Waals surface area contributed by atoms with Crippen LogP contribution < -0.4 is 10.2 Å². The highest BCUT2D eigenvalue weighted by Gasteiger charge is 2.27. The van der Waals surface area contributed by atoms with Crippen molar-refractivity contribution in [2.24, 2.45) is 0 Å². The Morgan fingerprint density at radius 3 is 2.74 bits per heavy atom. The van der Waals surface area contributed by atoms with Gasteiger partial charge in [0.2, 0.25) is 5.91 Å². The van der Waals surface area contributed by atoms with Crippen molar-refractivity contribution in [3.05, 3.63) is 10.9 Å². The zero-order valence-corrected chi connectivity index (χ0v) is 17.9. The first-order valence-corrected chi connectivity index (χ1v) is 11.4. The van der Waals surface area contributed by atoms with Crippen molar-refractivity contribution >= 4 is 49.1 Å². The third kappa shape index (κ3) is 4.60. The van der Waals surface area contributed by atoms with Gasteiger partial charge in [0, 0.05) is 38.6 Å². The van der Waals surface area contributed by atoms with Crippen LogP contribution in [-0.4, -0.2) is 53.9 Å². The van der Waals surface area contributed by atoms with Gasteiger partial charge >= 0.3 is 0 Å². The van der Waals surface area contributed by atoms with Crippen LogP contribution in [0.1, 0.15) is 56.1 Å². The van der Waals surface area contributed by atoms with Crippen LogP contribution in [0, 0.1) is 0 Å². The molecule has 1 aliphatic heterocycles. The van der Waals surface area contributed by atoms with Gasteiger partial charge in [0.25, 0.3) is 5.91 Å². The van der Waals surface area contributed by atoms with Crippen LogP contribution in [0.5, 0.6) is 0 Å². The number of amides is 2. The van der Waals surface area contributed by atoms with E-state index in [2.05, 4.69) is 24.1 Å². The lowest BCUT2D eigenvalue weighted by molar-refractivity contribution is -0.122. The van der Waals surface area contributed by atoms with E-state index in [9.17, 15) is 9.59 Å². The highest BCUT2D eigenvalue weighted by Crippen LogP contribution is 2.35. The summed E-state index contributed by atoms with van der Waals surface area (Å²) in [5.41, 5.74) is 0. The normalized spacial score (nSPS) is 17.3. The Morgan fingerprint density at radius 2 is 2.07 bits per heavy atom. The summed E-state index contributed by atoms with van der Waals surface area (Å²) >= 11 is 3.13. The van der Waals surface area contributed by atoms with E-state index >= 15 is 0 Å². The number of anilines is 1. The molecule has 148 valence electrons. The molecule has 2 aromatic rings. The molecule has 1 N–H and O–H groups in total. The van der Waals surface area contributed by atoms with Gasteiger partial charge < -0.3 is 15.1 Å². The first-order valence-electron chi connectivity index (χ1n) is 9.79. The van der Waals surface area contributed by atoms with Crippen LogP contribution in [-0.2, 0) is 4.79 Å². The fourth-order valence-electron chi connectivity index (χ4n) is 3.42. The number of hydrogen-bond donors (Lipinski definition) is 1. The van der Waals surface area contributed by atoms with E-state index in [0.29, 0.717) is 13.0 Å². The number of aromatic nitrogens is 1. The lowest BCUT2D eigenvalue weighted by Gasteiger charge is -2.33. The number of carbonyl (C=O) groups excluding carboxylic acids is 2. The minimum Gasteiger partial charge on any atom is -0.352 e. The minimum atomic E-state index is 0.0593. The molecule has 8 heteroatoms. The second-order valence-corrected chi connectivity index (χ2v) is 8.90. The number of fused-ring (bicyclic) bond motifs is 1. The largest absolute Gasteiger partial charge is 0.352 e. The summed E-state index contributed by atoms with van der Waals surface area (Å²) in [6.07, 6.45) is 3.25. The molecule has 0 aromatic carbocycles. The van der Waals surface area contributed by atoms with Crippen molar-refractivity contribution in [3.63, 3.8) is 0 Å². The van der Waals surface area contributed by atoms with Crippen molar-refractivity contribution in [2.75, 3.05) is 31.1 Å². The van der Waals surface area contributed by atoms with E-state index in [1.807, 2.05) is 17.9 Å². The molecule has 0 radical (unpaired) electrons. The topological polar surface area (TPSA) is 65.5 Å². The molecule has 0 spiro atoms. The minimum absolute atomic E-state index is 0.0593. The maximum Gasteiger partial charge on any atom is 0.264 e. The molecule has 2 amide bonds. The standard InChI is InChI=1S/C19H28N4O2S2/c1-4-8-16(24)20-13-9-7-10-23(12-13)18(25)15-11-14-17(26-15)21-19(27-14)22(5-2)6-3/h11,13H,4-10,12H2,1-3H3,(H,20,24). The highest BCUT2D eigenvalue weighted by molar-refractivity contribution is 7.29. The highest BCUT2D eigenvalue weighted by atomic mass is 32.1. The first-order chi connectivity index (χ1) is 13.0. The number of thiazole rings is 1. The fraction of sp³-hybridized carbons (Fsp3) is 0.632. The molecule has 1 saturated heterocycles. The van der Waals surface area contributed by atoms with Gasteiger partial charge in [-0.2, -0.15) is 0 Å². The summed E-state index contributed by atoms with van der Waals surface area (Å²) < 4.78 is 1.08. The van der Waals surface area contributed by atoms with E-state index in [-0.39, 0.29) is 17.9 Å². The quantitative estimate of drug-likeness (QED) is 0.758. The Bertz CT molecular complexity index is 765. The van der Waals surface area contributed by atoms with Gasteiger partial charge in [-0.15, -0.1) is 11.3 Å². The van der Waals surface area contributed by atoms with Crippen molar-refractivity contribution in [3.8, 4) is 0 Å². The van der Waals surface area contributed by atoms with Gasteiger partial charge in [0.1, 0.15) is 4.83 Å². The third-order valence-electron chi connectivity index (χ3n) is 4.87. The van der Waals surface area contributed by atoms with Crippen LogP contribution in [0.4, 0.5) is 5.13 Å². The van der Waals surface area contributed by atoms with Crippen LogP contribution >= 0.6 is 22.7 Å². The molecule has 3 rings (SSSR count). The molecule has 6 nitrogen and oxygen atoms in total. The van der Waals surface area contributed by atoms with E-state index in [1.165, 1.54) is 11.3 Å². The van der Waals surface area contributed by atoms with E-state index in [1.54, 1.807) is 11.3 Å². The van der Waals surface area contributed by atoms with Crippen LogP contribution in [0.25, 0.3) is 9.53 Å². The summed E-state index contributed by atoms with van der Waals surface area (Å²) in [5, 5.41) is 4.09. The second kappa shape index (κ2) is 9.01. The molecule has 0 saturated carbocycles. The summed E-state index contributed by atoms with van der Waals surface area (Å²) in [4.78, 5) is 35.3. The van der Waals surface area contributed by atoms with Crippen molar-refractivity contribution < 1.29 is 9.59 Å². The SMILES string of the molecule is CCCC(=O)NC1CCCN(C(=O)c2cc3sc(N(CC)CC)nc3s2)C1. The molecule has 0 aliphatic carbocycles. The molecule has 1 atom stereocenters. The van der Waals surface area contributed by atoms with E-state index in [4.69, 9.17) is 4.98 Å². The predicted molar refractivity (Wildman–Crippen MR) is 113 cm³/mol. The van der Waals surface area contributed by atoms with Crippen molar-refractivity contribution in [2.45, 2.75) is 52.5 Å². The smallest absolute Gasteiger partial charge is 0.264 e. The second-order valence-electron chi connectivity index (χ2n) is 6.86. The molecule has 1 fully saturated rings. The Morgan fingerprint density at radius 1 is 1.30 bits per heavy atom. The summed E-state index contributed by atoms with van der Waals surface area (Å²) in [5.74, 6) is 0.144. The summed E-state index contributed by atoms with van der Waals surface area (Å²) in [7, 11) is 0. The molecular formula is C19H28N4O2S2. The number of thiophene rings is 1. The lowest BCUT2D eigenvalue weighted by atomic mass is 10.1. The molecule has 0 bridgehead atoms. The fourth-order valence-corrected chi connectivity index (χ4v) is 5.73. The number of hydrogen-bond acceptors (Lipinski definition) is 6. The zero-order valence-electron chi connectivity index (χ0n) is 16.3. The van der Waals surface area contributed by atoms with Gasteiger partial charge in [0.15, 0.2) is 5.13 Å². The number of piperidine rings is 1. The molecule has 2 aromatic heterocycles. The van der Waals surface area contributed by atoms with Gasteiger partial charge in [-0.1, -0.05) is 18.3 Å². The monoisotopic (exact) mass is 408 g/mol. The van der Waals surface area contributed by atoms with Gasteiger partial charge in [0.05, 0.1) is 9.58 Å². The summed E-state index contributed by atoms with van der Waals surface area (Å²) in [6, 6.07) is 2.04. The maximum atomic E-state index is 12.9. The van der Waals surface area contributed by atoms with E-state index in [0.717, 1.165) is 58.4 Å². The number of nitrogens with zero attached hydrogens (tertiary/aromatic N) is 3. The predicted octanol–water partition coefficient (Wildman–Crippen LogP) is 3.72. The maximum absolute atomic E-state index is 12.9. The average Bonchev–Trinajstić information content (AvgIpc) is 3.22. The lowest BCUT2D eigenvalue weighted by Crippen LogP contribution is -2.49. The molecule has 1 unspecified atom stereocenters. The average molecular weight is 409 g/mol. The van der Waals surface area contributed by atoms with Gasteiger partial charge in [-0.25, -0.2) is 4.98 Å². The molecule has 27 heavy (non-hydrogen) atoms. The van der Waals surface area contributed by atoms with Crippen LogP contribution in [0.2, 0.25) is 0 Å². The Labute approximate surface area is 168 Å². The zero-order chi connectivity index (χ0) is 19.4. The number of likely N-dealkylation sites (tertiary alicyclic amines) is 1. The van der Waals surface area contributed by atoms with E-state index < -0.39 is 0 Å². The summed E-state index contributed by atoms with van der Waals surface area (Å²) in [6.45, 7) is 9.46. The van der Waals surface area contributed by atoms with Crippen LogP contribution in [0.3, 0.4) is 0 Å². The Balaban J connectivity index is 1.67. The molecule has 1 aliphatic rings. The Hall–Kier alpha value is -1.67. The van der Waals surface area contributed by atoms with Crippen LogP contribution in [0.15, 0.2) is 6.07 Å². The number of carbonyl (C=O) groups is 2. The third-order valence-corrected chi connectivity index (χ3v) is 7.08. The van der Waals surface area contributed by atoms with Crippen molar-refractivity contribution in [1.29, 1.82) is 0 Å². The number of rotatable bonds is 7. The first kappa shape index (κ1) is 20.1. The Kier molecular flexibility index (Phi) is 6.70. The molecular weight excluding hydrogens is 380 g/mol.